The lowest BCUT2D eigenvalue weighted by Gasteiger charge is -2.24. The van der Waals surface area contributed by atoms with Gasteiger partial charge >= 0.3 is 6.18 Å². The highest BCUT2D eigenvalue weighted by molar-refractivity contribution is 5.85. The molecule has 1 atom stereocenters. The van der Waals surface area contributed by atoms with Gasteiger partial charge in [0.2, 0.25) is 0 Å². The van der Waals surface area contributed by atoms with Crippen LogP contribution < -0.4 is 5.32 Å². The van der Waals surface area contributed by atoms with E-state index < -0.39 is 12.6 Å². The number of alkyl halides is 3. The summed E-state index contributed by atoms with van der Waals surface area (Å²) in [5.41, 5.74) is 1.42. The Hall–Kier alpha value is -0.740. The second-order valence-electron chi connectivity index (χ2n) is 4.54. The van der Waals surface area contributed by atoms with Crippen molar-refractivity contribution >= 4 is 12.4 Å². The molecule has 18 heavy (non-hydrogen) atoms. The van der Waals surface area contributed by atoms with Crippen LogP contribution in [0.25, 0.3) is 0 Å². The van der Waals surface area contributed by atoms with Gasteiger partial charge in [0.1, 0.15) is 0 Å². The number of nitrogens with one attached hydrogen (secondary N) is 1. The first kappa shape index (κ1) is 15.3. The van der Waals surface area contributed by atoms with Gasteiger partial charge in [-0.25, -0.2) is 0 Å². The van der Waals surface area contributed by atoms with Crippen molar-refractivity contribution in [2.24, 2.45) is 0 Å². The van der Waals surface area contributed by atoms with Gasteiger partial charge in [-0.15, -0.1) is 12.4 Å². The monoisotopic (exact) mass is 279 g/mol. The lowest BCUT2D eigenvalue weighted by molar-refractivity contribution is -0.127. The Morgan fingerprint density at radius 1 is 1.11 bits per heavy atom. The maximum Gasteiger partial charge on any atom is 0.393 e. The molecule has 0 amide bonds. The van der Waals surface area contributed by atoms with Crippen molar-refractivity contribution < 1.29 is 13.2 Å². The van der Waals surface area contributed by atoms with E-state index in [9.17, 15) is 13.2 Å². The minimum Gasteiger partial charge on any atom is -0.310 e. The first-order valence-electron chi connectivity index (χ1n) is 5.93. The highest BCUT2D eigenvalue weighted by Gasteiger charge is 2.27. The van der Waals surface area contributed by atoms with Gasteiger partial charge in [0.05, 0.1) is 6.42 Å². The van der Waals surface area contributed by atoms with Crippen LogP contribution >= 0.6 is 12.4 Å². The first-order valence-corrected chi connectivity index (χ1v) is 5.93. The summed E-state index contributed by atoms with van der Waals surface area (Å²) >= 11 is 0. The molecule has 1 saturated heterocycles. The summed E-state index contributed by atoms with van der Waals surface area (Å²) in [6.07, 6.45) is -1.53. The summed E-state index contributed by atoms with van der Waals surface area (Å²) in [5, 5.41) is 3.38. The third-order valence-electron chi connectivity index (χ3n) is 3.10. The Labute approximate surface area is 111 Å². The molecule has 0 bridgehead atoms. The quantitative estimate of drug-likeness (QED) is 0.862. The Morgan fingerprint density at radius 2 is 1.78 bits per heavy atom. The van der Waals surface area contributed by atoms with E-state index in [4.69, 9.17) is 0 Å². The van der Waals surface area contributed by atoms with Crippen molar-refractivity contribution in [1.82, 2.24) is 5.32 Å². The molecule has 0 aliphatic carbocycles. The standard InChI is InChI=1S/C13H16F3N.ClH/c14-13(15,16)9-10-4-6-11(7-5-10)12-3-1-2-8-17-12;/h4-7,12,17H,1-3,8-9H2;1H. The lowest BCUT2D eigenvalue weighted by atomic mass is 9.96. The molecule has 1 fully saturated rings. The minimum atomic E-state index is -4.12. The van der Waals surface area contributed by atoms with E-state index in [0.29, 0.717) is 11.6 Å². The highest BCUT2D eigenvalue weighted by Crippen LogP contribution is 2.25. The van der Waals surface area contributed by atoms with Gasteiger partial charge in [-0.1, -0.05) is 30.7 Å². The molecule has 1 aliphatic heterocycles. The van der Waals surface area contributed by atoms with E-state index in [1.165, 1.54) is 12.8 Å². The Bertz CT molecular complexity index is 355. The van der Waals surface area contributed by atoms with Gasteiger partial charge in [0.15, 0.2) is 0 Å². The summed E-state index contributed by atoms with van der Waals surface area (Å²) in [6, 6.07) is 7.09. The highest BCUT2D eigenvalue weighted by atomic mass is 35.5. The predicted octanol–water partition coefficient (Wildman–Crippen LogP) is 4.03. The number of hydrogen-bond donors (Lipinski definition) is 1. The molecule has 1 heterocycles. The second kappa shape index (κ2) is 6.43. The van der Waals surface area contributed by atoms with E-state index in [0.717, 1.165) is 18.5 Å². The Kier molecular flexibility index (Phi) is 5.47. The molecule has 1 unspecified atom stereocenters. The van der Waals surface area contributed by atoms with E-state index in [2.05, 4.69) is 5.32 Å². The average Bonchev–Trinajstić information content (AvgIpc) is 2.29. The van der Waals surface area contributed by atoms with E-state index in [1.807, 2.05) is 12.1 Å². The Balaban J connectivity index is 0.00000162. The number of benzene rings is 1. The Morgan fingerprint density at radius 3 is 2.28 bits per heavy atom. The fraction of sp³-hybridized carbons (Fsp3) is 0.538. The van der Waals surface area contributed by atoms with Gasteiger partial charge in [-0.3, -0.25) is 0 Å². The summed E-state index contributed by atoms with van der Waals surface area (Å²) in [6.45, 7) is 0.995. The van der Waals surface area contributed by atoms with Crippen molar-refractivity contribution in [3.05, 3.63) is 35.4 Å². The molecule has 0 radical (unpaired) electrons. The van der Waals surface area contributed by atoms with Crippen LogP contribution in [0.15, 0.2) is 24.3 Å². The number of halogens is 4. The zero-order valence-corrected chi connectivity index (χ0v) is 10.8. The molecule has 1 nitrogen and oxygen atoms in total. The van der Waals surface area contributed by atoms with Gasteiger partial charge in [0.25, 0.3) is 0 Å². The molecule has 1 aromatic rings. The SMILES string of the molecule is Cl.FC(F)(F)Cc1ccc(C2CCCCN2)cc1. The topological polar surface area (TPSA) is 12.0 Å². The van der Waals surface area contributed by atoms with Crippen molar-refractivity contribution in [1.29, 1.82) is 0 Å². The van der Waals surface area contributed by atoms with Crippen LogP contribution in [0, 0.1) is 0 Å². The molecule has 2 rings (SSSR count). The van der Waals surface area contributed by atoms with Crippen LogP contribution in [-0.4, -0.2) is 12.7 Å². The van der Waals surface area contributed by atoms with Gasteiger partial charge in [-0.05, 0) is 30.5 Å². The third-order valence-corrected chi connectivity index (χ3v) is 3.10. The zero-order valence-electron chi connectivity index (χ0n) is 9.96. The third kappa shape index (κ3) is 4.50. The van der Waals surface area contributed by atoms with Gasteiger partial charge in [0, 0.05) is 6.04 Å². The number of hydrogen-bond acceptors (Lipinski definition) is 1. The van der Waals surface area contributed by atoms with Crippen LogP contribution in [0.3, 0.4) is 0 Å². The van der Waals surface area contributed by atoms with Crippen molar-refractivity contribution in [2.75, 3.05) is 6.54 Å². The van der Waals surface area contributed by atoms with E-state index in [-0.39, 0.29) is 12.4 Å². The molecule has 0 spiro atoms. The predicted molar refractivity (Wildman–Crippen MR) is 68.0 cm³/mol. The van der Waals surface area contributed by atoms with Crippen molar-refractivity contribution in [2.45, 2.75) is 37.9 Å². The summed E-state index contributed by atoms with van der Waals surface area (Å²) in [7, 11) is 0. The molecule has 0 aromatic heterocycles. The lowest BCUT2D eigenvalue weighted by Crippen LogP contribution is -2.26. The molecule has 102 valence electrons. The van der Waals surface area contributed by atoms with Crippen molar-refractivity contribution in [3.8, 4) is 0 Å². The normalized spacial score (nSPS) is 20.3. The largest absolute Gasteiger partial charge is 0.393 e. The maximum atomic E-state index is 12.2. The number of rotatable bonds is 2. The molecular formula is C13H17ClF3N. The molecule has 1 aliphatic rings. The molecule has 1 N–H and O–H groups in total. The van der Waals surface area contributed by atoms with Crippen LogP contribution in [0.1, 0.15) is 36.4 Å². The molecule has 1 aromatic carbocycles. The van der Waals surface area contributed by atoms with Crippen LogP contribution in [0.2, 0.25) is 0 Å². The van der Waals surface area contributed by atoms with Gasteiger partial charge in [-0.2, -0.15) is 13.2 Å². The fourth-order valence-electron chi connectivity index (χ4n) is 2.24. The number of piperidine rings is 1. The van der Waals surface area contributed by atoms with E-state index >= 15 is 0 Å². The smallest absolute Gasteiger partial charge is 0.310 e. The average molecular weight is 280 g/mol. The van der Waals surface area contributed by atoms with Gasteiger partial charge < -0.3 is 5.32 Å². The molecule has 0 saturated carbocycles. The fourth-order valence-corrected chi connectivity index (χ4v) is 2.24. The second-order valence-corrected chi connectivity index (χ2v) is 4.54. The van der Waals surface area contributed by atoms with Crippen LogP contribution in [0.5, 0.6) is 0 Å². The summed E-state index contributed by atoms with van der Waals surface area (Å²) in [5.74, 6) is 0. The van der Waals surface area contributed by atoms with Crippen LogP contribution in [-0.2, 0) is 6.42 Å². The van der Waals surface area contributed by atoms with Crippen molar-refractivity contribution in [3.63, 3.8) is 0 Å². The van der Waals surface area contributed by atoms with Crippen LogP contribution in [0.4, 0.5) is 13.2 Å². The molecule has 5 heteroatoms. The minimum absolute atomic E-state index is 0. The first-order chi connectivity index (χ1) is 8.04. The maximum absolute atomic E-state index is 12.2. The summed E-state index contributed by atoms with van der Waals surface area (Å²) in [4.78, 5) is 0. The van der Waals surface area contributed by atoms with E-state index in [1.54, 1.807) is 12.1 Å². The zero-order chi connectivity index (χ0) is 12.3. The molecular weight excluding hydrogens is 263 g/mol. The summed E-state index contributed by atoms with van der Waals surface area (Å²) < 4.78 is 36.6.